The molecule has 2 rings (SSSR count). The summed E-state index contributed by atoms with van der Waals surface area (Å²) in [4.78, 5) is 1.55. The van der Waals surface area contributed by atoms with E-state index in [2.05, 4.69) is 5.32 Å². The van der Waals surface area contributed by atoms with Gasteiger partial charge in [-0.1, -0.05) is 0 Å². The molecule has 0 atom stereocenters. The van der Waals surface area contributed by atoms with Crippen LogP contribution in [0.25, 0.3) is 0 Å². The van der Waals surface area contributed by atoms with E-state index in [-0.39, 0.29) is 5.69 Å². The Morgan fingerprint density at radius 3 is 2.40 bits per heavy atom. The summed E-state index contributed by atoms with van der Waals surface area (Å²) in [6, 6.07) is 4.51. The Hall–Kier alpha value is -1.88. The molecule has 2 aromatic rings. The zero-order valence-electron chi connectivity index (χ0n) is 11.8. The molecule has 1 aromatic carbocycles. The van der Waals surface area contributed by atoms with E-state index in [0.717, 1.165) is 11.3 Å². The van der Waals surface area contributed by atoms with E-state index >= 15 is 0 Å². The quantitative estimate of drug-likeness (QED) is 0.911. The van der Waals surface area contributed by atoms with Crippen LogP contribution in [0.2, 0.25) is 0 Å². The SMILES string of the molecule is CNCc1cc(F)c(N(C)Cc2ccoc2C)c(F)c1. The Morgan fingerprint density at radius 2 is 1.90 bits per heavy atom. The van der Waals surface area contributed by atoms with Crippen LogP contribution in [0.15, 0.2) is 28.9 Å². The Bertz CT molecular complexity index is 572. The third-order valence-electron chi connectivity index (χ3n) is 3.21. The summed E-state index contributed by atoms with van der Waals surface area (Å²) in [5, 5.41) is 2.87. The second kappa shape index (κ2) is 6.05. The first-order valence-electron chi connectivity index (χ1n) is 6.39. The summed E-state index contributed by atoms with van der Waals surface area (Å²) >= 11 is 0. The van der Waals surface area contributed by atoms with Crippen molar-refractivity contribution in [2.24, 2.45) is 0 Å². The average Bonchev–Trinajstić information content (AvgIpc) is 2.74. The Kier molecular flexibility index (Phi) is 4.39. The lowest BCUT2D eigenvalue weighted by molar-refractivity contribution is 0.528. The Labute approximate surface area is 117 Å². The van der Waals surface area contributed by atoms with Gasteiger partial charge in [-0.05, 0) is 37.7 Å². The van der Waals surface area contributed by atoms with Gasteiger partial charge in [-0.25, -0.2) is 8.78 Å². The average molecular weight is 280 g/mol. The van der Waals surface area contributed by atoms with Gasteiger partial charge in [0.25, 0.3) is 0 Å². The maximum Gasteiger partial charge on any atom is 0.149 e. The highest BCUT2D eigenvalue weighted by atomic mass is 19.1. The zero-order valence-corrected chi connectivity index (χ0v) is 11.8. The molecule has 20 heavy (non-hydrogen) atoms. The molecular formula is C15H18F2N2O. The molecule has 1 aromatic heterocycles. The van der Waals surface area contributed by atoms with Crippen LogP contribution in [0.1, 0.15) is 16.9 Å². The monoisotopic (exact) mass is 280 g/mol. The maximum atomic E-state index is 14.1. The number of hydrogen-bond donors (Lipinski definition) is 1. The number of furan rings is 1. The lowest BCUT2D eigenvalue weighted by Crippen LogP contribution is -2.20. The highest BCUT2D eigenvalue weighted by Crippen LogP contribution is 2.26. The van der Waals surface area contributed by atoms with Crippen LogP contribution < -0.4 is 10.2 Å². The zero-order chi connectivity index (χ0) is 14.7. The van der Waals surface area contributed by atoms with Crippen LogP contribution in [0.4, 0.5) is 14.5 Å². The molecule has 0 bridgehead atoms. The predicted molar refractivity (Wildman–Crippen MR) is 74.7 cm³/mol. The van der Waals surface area contributed by atoms with Gasteiger partial charge in [0, 0.05) is 25.7 Å². The summed E-state index contributed by atoms with van der Waals surface area (Å²) in [6.07, 6.45) is 1.57. The molecule has 1 heterocycles. The number of rotatable bonds is 5. The summed E-state index contributed by atoms with van der Waals surface area (Å²) in [6.45, 7) is 2.64. The lowest BCUT2D eigenvalue weighted by atomic mass is 10.1. The molecule has 0 saturated carbocycles. The molecule has 0 amide bonds. The summed E-state index contributed by atoms with van der Waals surface area (Å²) in [7, 11) is 3.39. The van der Waals surface area contributed by atoms with Crippen LogP contribution in [-0.2, 0) is 13.1 Å². The van der Waals surface area contributed by atoms with Crippen molar-refractivity contribution in [2.75, 3.05) is 19.0 Å². The third kappa shape index (κ3) is 2.99. The first-order chi connectivity index (χ1) is 9.52. The van der Waals surface area contributed by atoms with Gasteiger partial charge in [0.15, 0.2) is 0 Å². The first-order valence-corrected chi connectivity index (χ1v) is 6.39. The van der Waals surface area contributed by atoms with Crippen molar-refractivity contribution in [1.29, 1.82) is 0 Å². The van der Waals surface area contributed by atoms with Crippen LogP contribution >= 0.6 is 0 Å². The minimum atomic E-state index is -0.557. The van der Waals surface area contributed by atoms with Gasteiger partial charge in [0.1, 0.15) is 23.1 Å². The molecule has 0 spiro atoms. The Balaban J connectivity index is 2.25. The van der Waals surface area contributed by atoms with Crippen LogP contribution in [0.3, 0.4) is 0 Å². The van der Waals surface area contributed by atoms with Crippen LogP contribution in [0.5, 0.6) is 0 Å². The predicted octanol–water partition coefficient (Wildman–Crippen LogP) is 3.22. The van der Waals surface area contributed by atoms with Crippen molar-refractivity contribution in [3.05, 3.63) is 53.0 Å². The fourth-order valence-corrected chi connectivity index (χ4v) is 2.20. The normalized spacial score (nSPS) is 10.8. The van der Waals surface area contributed by atoms with Crippen molar-refractivity contribution >= 4 is 5.69 Å². The fraction of sp³-hybridized carbons (Fsp3) is 0.333. The number of hydrogen-bond acceptors (Lipinski definition) is 3. The van der Waals surface area contributed by atoms with E-state index in [1.165, 1.54) is 12.1 Å². The van der Waals surface area contributed by atoms with E-state index < -0.39 is 11.6 Å². The first kappa shape index (κ1) is 14.5. The second-order valence-electron chi connectivity index (χ2n) is 4.80. The summed E-state index contributed by atoms with van der Waals surface area (Å²) < 4.78 is 33.4. The minimum absolute atomic E-state index is 0.0227. The van der Waals surface area contributed by atoms with E-state index in [0.29, 0.717) is 18.7 Å². The number of anilines is 1. The molecule has 0 unspecified atom stereocenters. The van der Waals surface area contributed by atoms with Crippen molar-refractivity contribution in [3.63, 3.8) is 0 Å². The van der Waals surface area contributed by atoms with Crippen molar-refractivity contribution < 1.29 is 13.2 Å². The molecule has 0 saturated heterocycles. The summed E-state index contributed by atoms with van der Waals surface area (Å²) in [5.74, 6) is -0.359. The molecule has 3 nitrogen and oxygen atoms in total. The number of nitrogens with zero attached hydrogens (tertiary/aromatic N) is 1. The fourth-order valence-electron chi connectivity index (χ4n) is 2.20. The van der Waals surface area contributed by atoms with Gasteiger partial charge in [0.05, 0.1) is 6.26 Å². The maximum absolute atomic E-state index is 14.1. The van der Waals surface area contributed by atoms with Crippen molar-refractivity contribution in [3.8, 4) is 0 Å². The highest BCUT2D eigenvalue weighted by molar-refractivity contribution is 5.50. The van der Waals surface area contributed by atoms with Gasteiger partial charge in [0.2, 0.25) is 0 Å². The molecule has 0 aliphatic heterocycles. The largest absolute Gasteiger partial charge is 0.469 e. The Morgan fingerprint density at radius 1 is 1.25 bits per heavy atom. The van der Waals surface area contributed by atoms with Gasteiger partial charge >= 0.3 is 0 Å². The number of halogens is 2. The standard InChI is InChI=1S/C15H18F2N2O/c1-10-12(4-5-20-10)9-19(3)15-13(16)6-11(8-18-2)7-14(15)17/h4-7,18H,8-9H2,1-3H3. The second-order valence-corrected chi connectivity index (χ2v) is 4.80. The van der Waals surface area contributed by atoms with E-state index in [1.54, 1.807) is 31.3 Å². The third-order valence-corrected chi connectivity index (χ3v) is 3.21. The minimum Gasteiger partial charge on any atom is -0.469 e. The molecule has 0 radical (unpaired) electrons. The molecule has 0 fully saturated rings. The lowest BCUT2D eigenvalue weighted by Gasteiger charge is -2.21. The molecule has 0 aliphatic rings. The van der Waals surface area contributed by atoms with Crippen molar-refractivity contribution in [2.45, 2.75) is 20.0 Å². The molecule has 5 heteroatoms. The van der Waals surface area contributed by atoms with E-state index in [4.69, 9.17) is 4.42 Å². The number of benzene rings is 1. The van der Waals surface area contributed by atoms with Crippen LogP contribution in [0, 0.1) is 18.6 Å². The molecule has 1 N–H and O–H groups in total. The smallest absolute Gasteiger partial charge is 0.149 e. The number of nitrogens with one attached hydrogen (secondary N) is 1. The van der Waals surface area contributed by atoms with Gasteiger partial charge in [-0.15, -0.1) is 0 Å². The van der Waals surface area contributed by atoms with Gasteiger partial charge in [-0.2, -0.15) is 0 Å². The topological polar surface area (TPSA) is 28.4 Å². The number of aryl methyl sites for hydroxylation is 1. The van der Waals surface area contributed by atoms with Crippen LogP contribution in [-0.4, -0.2) is 14.1 Å². The summed E-state index contributed by atoms with van der Waals surface area (Å²) in [5.41, 5.74) is 1.47. The molecule has 108 valence electrons. The van der Waals surface area contributed by atoms with Gasteiger partial charge < -0.3 is 14.6 Å². The van der Waals surface area contributed by atoms with E-state index in [1.807, 2.05) is 6.92 Å². The highest BCUT2D eigenvalue weighted by Gasteiger charge is 2.16. The van der Waals surface area contributed by atoms with Crippen molar-refractivity contribution in [1.82, 2.24) is 5.32 Å². The van der Waals surface area contributed by atoms with E-state index in [9.17, 15) is 8.78 Å². The molecular weight excluding hydrogens is 262 g/mol. The van der Waals surface area contributed by atoms with Gasteiger partial charge in [-0.3, -0.25) is 0 Å². The molecule has 0 aliphatic carbocycles.